The molecule has 1 atom stereocenters. The van der Waals surface area contributed by atoms with Crippen LogP contribution in [0.3, 0.4) is 0 Å². The van der Waals surface area contributed by atoms with Gasteiger partial charge in [-0.05, 0) is 30.7 Å². The van der Waals surface area contributed by atoms with Gasteiger partial charge in [-0.15, -0.1) is 0 Å². The number of carbonyl (C=O) groups is 1. The van der Waals surface area contributed by atoms with Crippen LogP contribution in [0.15, 0.2) is 28.7 Å². The molecule has 4 heteroatoms. The van der Waals surface area contributed by atoms with E-state index < -0.39 is 0 Å². The maximum Gasteiger partial charge on any atom is 0.234 e. The van der Waals surface area contributed by atoms with Crippen LogP contribution in [0.5, 0.6) is 0 Å². The largest absolute Gasteiger partial charge is 0.348 e. The molecule has 1 unspecified atom stereocenters. The molecule has 0 saturated heterocycles. The summed E-state index contributed by atoms with van der Waals surface area (Å²) in [6.45, 7) is 5.24. The Morgan fingerprint density at radius 2 is 1.94 bits per heavy atom. The van der Waals surface area contributed by atoms with Gasteiger partial charge >= 0.3 is 0 Å². The normalized spacial score (nSPS) is 12.2. The number of amides is 1. The fourth-order valence-electron chi connectivity index (χ4n) is 1.60. The first-order valence-electron chi connectivity index (χ1n) is 5.92. The molecule has 1 amide bonds. The van der Waals surface area contributed by atoms with Crippen molar-refractivity contribution in [1.82, 2.24) is 10.6 Å². The van der Waals surface area contributed by atoms with Crippen molar-refractivity contribution >= 4 is 21.8 Å². The van der Waals surface area contributed by atoms with E-state index in [1.807, 2.05) is 31.2 Å². The van der Waals surface area contributed by atoms with Gasteiger partial charge in [-0.2, -0.15) is 0 Å². The molecule has 94 valence electrons. The van der Waals surface area contributed by atoms with Crippen molar-refractivity contribution in [1.29, 1.82) is 0 Å². The molecule has 0 fully saturated rings. The van der Waals surface area contributed by atoms with Crippen molar-refractivity contribution in [2.45, 2.75) is 26.3 Å². The van der Waals surface area contributed by atoms with Crippen molar-refractivity contribution in [3.05, 3.63) is 34.3 Å². The zero-order valence-electron chi connectivity index (χ0n) is 10.3. The predicted octanol–water partition coefficient (Wildman–Crippen LogP) is 2.63. The summed E-state index contributed by atoms with van der Waals surface area (Å²) in [4.78, 5) is 11.6. The number of rotatable bonds is 6. The van der Waals surface area contributed by atoms with Crippen molar-refractivity contribution in [2.75, 3.05) is 13.1 Å². The molecule has 1 rings (SSSR count). The molecule has 1 aromatic rings. The van der Waals surface area contributed by atoms with Crippen molar-refractivity contribution in [3.8, 4) is 0 Å². The summed E-state index contributed by atoms with van der Waals surface area (Å²) in [7, 11) is 0. The molecule has 0 aliphatic heterocycles. The fourth-order valence-corrected chi connectivity index (χ4v) is 1.86. The maximum absolute atomic E-state index is 11.6. The zero-order chi connectivity index (χ0) is 12.7. The summed E-state index contributed by atoms with van der Waals surface area (Å²) >= 11 is 3.40. The third kappa shape index (κ3) is 4.88. The van der Waals surface area contributed by atoms with Crippen LogP contribution in [0.25, 0.3) is 0 Å². The smallest absolute Gasteiger partial charge is 0.234 e. The molecule has 3 nitrogen and oxygen atoms in total. The second kappa shape index (κ2) is 7.45. The summed E-state index contributed by atoms with van der Waals surface area (Å²) in [5, 5.41) is 6.04. The molecule has 2 N–H and O–H groups in total. The van der Waals surface area contributed by atoms with E-state index in [0.29, 0.717) is 6.54 Å². The third-order valence-corrected chi connectivity index (χ3v) is 3.08. The van der Waals surface area contributed by atoms with Gasteiger partial charge in [0, 0.05) is 4.47 Å². The Balaban J connectivity index is 2.59. The topological polar surface area (TPSA) is 41.1 Å². The van der Waals surface area contributed by atoms with E-state index in [0.717, 1.165) is 23.0 Å². The lowest BCUT2D eigenvalue weighted by molar-refractivity contribution is -0.121. The maximum atomic E-state index is 11.6. The van der Waals surface area contributed by atoms with Gasteiger partial charge in [-0.25, -0.2) is 0 Å². The van der Waals surface area contributed by atoms with Crippen molar-refractivity contribution < 1.29 is 4.79 Å². The van der Waals surface area contributed by atoms with E-state index >= 15 is 0 Å². The van der Waals surface area contributed by atoms with Crippen molar-refractivity contribution in [2.24, 2.45) is 0 Å². The minimum atomic E-state index is 0.0432. The number of carbonyl (C=O) groups excluding carboxylic acids is 1. The second-order valence-corrected chi connectivity index (χ2v) is 4.78. The Morgan fingerprint density at radius 1 is 1.29 bits per heavy atom. The van der Waals surface area contributed by atoms with Crippen LogP contribution in [0.2, 0.25) is 0 Å². The molecule has 0 aliphatic carbocycles. The van der Waals surface area contributed by atoms with Gasteiger partial charge in [0.05, 0.1) is 12.6 Å². The minimum Gasteiger partial charge on any atom is -0.348 e. The number of hydrogen-bond donors (Lipinski definition) is 2. The molecule has 17 heavy (non-hydrogen) atoms. The Hall–Kier alpha value is -0.870. The number of likely N-dealkylation sites (N-methyl/N-ethyl adjacent to an activating group) is 1. The molecule has 0 bridgehead atoms. The van der Waals surface area contributed by atoms with Gasteiger partial charge in [0.2, 0.25) is 5.91 Å². The van der Waals surface area contributed by atoms with Crippen LogP contribution in [0.1, 0.15) is 31.9 Å². The Bertz CT molecular complexity index is 351. The van der Waals surface area contributed by atoms with Gasteiger partial charge in [0.25, 0.3) is 0 Å². The molecule has 0 aliphatic rings. The van der Waals surface area contributed by atoms with Crippen LogP contribution < -0.4 is 10.6 Å². The van der Waals surface area contributed by atoms with Gasteiger partial charge in [0.15, 0.2) is 0 Å². The van der Waals surface area contributed by atoms with E-state index in [9.17, 15) is 4.79 Å². The Morgan fingerprint density at radius 3 is 2.47 bits per heavy atom. The highest BCUT2D eigenvalue weighted by Crippen LogP contribution is 2.19. The highest BCUT2D eigenvalue weighted by Gasteiger charge is 2.11. The molecule has 0 heterocycles. The Labute approximate surface area is 111 Å². The summed E-state index contributed by atoms with van der Waals surface area (Å²) < 4.78 is 1.05. The molecule has 1 aromatic carbocycles. The lowest BCUT2D eigenvalue weighted by Gasteiger charge is -2.17. The van der Waals surface area contributed by atoms with Crippen LogP contribution >= 0.6 is 15.9 Å². The molecule has 0 spiro atoms. The van der Waals surface area contributed by atoms with Gasteiger partial charge in [-0.1, -0.05) is 41.9 Å². The van der Waals surface area contributed by atoms with Crippen LogP contribution in [-0.2, 0) is 4.79 Å². The molecular weight excluding hydrogens is 280 g/mol. The summed E-state index contributed by atoms with van der Waals surface area (Å²) in [5.74, 6) is 0.0432. The average molecular weight is 299 g/mol. The quantitative estimate of drug-likeness (QED) is 0.848. The second-order valence-electron chi connectivity index (χ2n) is 3.86. The molecule has 0 saturated carbocycles. The standard InChI is InChI=1S/C13H19BrN2O/c1-3-12(16-13(17)9-15-4-2)10-5-7-11(14)8-6-10/h5-8,12,15H,3-4,9H2,1-2H3,(H,16,17). The molecule has 0 aromatic heterocycles. The average Bonchev–Trinajstić information content (AvgIpc) is 2.34. The Kier molecular flexibility index (Phi) is 6.22. The van der Waals surface area contributed by atoms with Gasteiger partial charge in [0.1, 0.15) is 0 Å². The predicted molar refractivity (Wildman–Crippen MR) is 73.9 cm³/mol. The first-order valence-corrected chi connectivity index (χ1v) is 6.72. The first kappa shape index (κ1) is 14.2. The van der Waals surface area contributed by atoms with E-state index in [2.05, 4.69) is 33.5 Å². The monoisotopic (exact) mass is 298 g/mol. The van der Waals surface area contributed by atoms with E-state index in [1.54, 1.807) is 0 Å². The summed E-state index contributed by atoms with van der Waals surface area (Å²) in [6.07, 6.45) is 0.888. The highest BCUT2D eigenvalue weighted by molar-refractivity contribution is 9.10. The van der Waals surface area contributed by atoms with Gasteiger partial charge < -0.3 is 10.6 Å². The van der Waals surface area contributed by atoms with Crippen LogP contribution in [0, 0.1) is 0 Å². The number of halogens is 1. The third-order valence-electron chi connectivity index (χ3n) is 2.55. The molecular formula is C13H19BrN2O. The summed E-state index contributed by atoms with van der Waals surface area (Å²) in [5.41, 5.74) is 1.14. The van der Waals surface area contributed by atoms with E-state index in [-0.39, 0.29) is 11.9 Å². The highest BCUT2D eigenvalue weighted by atomic mass is 79.9. The van der Waals surface area contributed by atoms with Crippen LogP contribution in [0.4, 0.5) is 0 Å². The van der Waals surface area contributed by atoms with Crippen LogP contribution in [-0.4, -0.2) is 19.0 Å². The fraction of sp³-hybridized carbons (Fsp3) is 0.462. The zero-order valence-corrected chi connectivity index (χ0v) is 11.9. The lowest BCUT2D eigenvalue weighted by Crippen LogP contribution is -2.36. The molecule has 0 radical (unpaired) electrons. The van der Waals surface area contributed by atoms with E-state index in [1.165, 1.54) is 0 Å². The van der Waals surface area contributed by atoms with Crippen molar-refractivity contribution in [3.63, 3.8) is 0 Å². The lowest BCUT2D eigenvalue weighted by atomic mass is 10.0. The van der Waals surface area contributed by atoms with Gasteiger partial charge in [-0.3, -0.25) is 4.79 Å². The number of hydrogen-bond acceptors (Lipinski definition) is 2. The first-order chi connectivity index (χ1) is 8.17. The summed E-state index contributed by atoms with van der Waals surface area (Å²) in [6, 6.07) is 8.15. The number of benzene rings is 1. The SMILES string of the molecule is CCNCC(=O)NC(CC)c1ccc(Br)cc1. The minimum absolute atomic E-state index is 0.0432. The van der Waals surface area contributed by atoms with E-state index in [4.69, 9.17) is 0 Å². The number of nitrogens with one attached hydrogen (secondary N) is 2.